The van der Waals surface area contributed by atoms with Crippen molar-refractivity contribution in [1.29, 1.82) is 0 Å². The number of ether oxygens (including phenoxy) is 1. The highest BCUT2D eigenvalue weighted by molar-refractivity contribution is 5.77. The smallest absolute Gasteiger partial charge is 0.406 e. The third-order valence-electron chi connectivity index (χ3n) is 5.24. The van der Waals surface area contributed by atoms with Crippen molar-refractivity contribution < 1.29 is 23.0 Å². The van der Waals surface area contributed by atoms with E-state index in [9.17, 15) is 18.3 Å². The molecule has 2 aromatic rings. The summed E-state index contributed by atoms with van der Waals surface area (Å²) in [4.78, 5) is 6.54. The van der Waals surface area contributed by atoms with E-state index in [1.807, 2.05) is 12.1 Å². The van der Waals surface area contributed by atoms with Gasteiger partial charge in [0, 0.05) is 31.9 Å². The maximum Gasteiger partial charge on any atom is 0.573 e. The quantitative estimate of drug-likeness (QED) is 0.458. The number of aliphatic imine (C=N–C) groups is 1. The lowest BCUT2D eigenvalue weighted by molar-refractivity contribution is -0.274. The van der Waals surface area contributed by atoms with Crippen LogP contribution in [-0.4, -0.2) is 37.1 Å². The molecule has 1 aliphatic heterocycles. The number of hydrogen-bond donors (Lipinski definition) is 3. The third-order valence-corrected chi connectivity index (χ3v) is 5.24. The van der Waals surface area contributed by atoms with Crippen molar-refractivity contribution in [2.75, 3.05) is 24.6 Å². The number of alkyl halides is 3. The Hall–Kier alpha value is -2.94. The van der Waals surface area contributed by atoms with Crippen molar-refractivity contribution in [3.8, 4) is 5.75 Å². The first-order valence-electron chi connectivity index (χ1n) is 10.2. The molecular formula is C22H27F3N4O2. The summed E-state index contributed by atoms with van der Waals surface area (Å²) in [7, 11) is 0. The number of benzene rings is 2. The minimum atomic E-state index is -4.71. The lowest BCUT2D eigenvalue weighted by atomic mass is 9.97. The van der Waals surface area contributed by atoms with E-state index >= 15 is 0 Å². The number of nitrogens with one attached hydrogen (secondary N) is 1. The Bertz CT molecular complexity index is 847. The molecule has 6 nitrogen and oxygen atoms in total. The van der Waals surface area contributed by atoms with Crippen molar-refractivity contribution in [3.05, 3.63) is 59.7 Å². The number of aliphatic hydroxyl groups excluding tert-OH is 1. The second kappa shape index (κ2) is 10.4. The SMILES string of the molecule is NC(=NCc1ccc(OC(F)(F)F)cc1)NCc1ccc(N2CCC(CO)CC2)cc1. The first kappa shape index (κ1) is 22.7. The molecule has 3 rings (SSSR count). The van der Waals surface area contributed by atoms with Crippen LogP contribution < -0.4 is 20.7 Å². The maximum atomic E-state index is 12.2. The molecule has 0 aliphatic carbocycles. The monoisotopic (exact) mass is 436 g/mol. The molecule has 0 bridgehead atoms. The number of hydrogen-bond acceptors (Lipinski definition) is 4. The van der Waals surface area contributed by atoms with Crippen molar-refractivity contribution in [3.63, 3.8) is 0 Å². The summed E-state index contributed by atoms with van der Waals surface area (Å²) in [6.45, 7) is 2.92. The van der Waals surface area contributed by atoms with Gasteiger partial charge in [-0.1, -0.05) is 24.3 Å². The van der Waals surface area contributed by atoms with Crippen molar-refractivity contribution in [2.24, 2.45) is 16.6 Å². The number of halogens is 3. The molecule has 168 valence electrons. The van der Waals surface area contributed by atoms with E-state index in [0.717, 1.165) is 31.5 Å². The summed E-state index contributed by atoms with van der Waals surface area (Å²) in [6, 6.07) is 13.7. The van der Waals surface area contributed by atoms with Gasteiger partial charge in [-0.3, -0.25) is 0 Å². The summed E-state index contributed by atoms with van der Waals surface area (Å²) < 4.78 is 40.4. The number of nitrogens with zero attached hydrogens (tertiary/aromatic N) is 2. The number of anilines is 1. The molecule has 0 atom stereocenters. The van der Waals surface area contributed by atoms with Crippen molar-refractivity contribution in [1.82, 2.24) is 5.32 Å². The van der Waals surface area contributed by atoms with Gasteiger partial charge in [0.05, 0.1) is 6.54 Å². The van der Waals surface area contributed by atoms with Gasteiger partial charge in [0.25, 0.3) is 0 Å². The number of piperidine rings is 1. The highest BCUT2D eigenvalue weighted by atomic mass is 19.4. The maximum absolute atomic E-state index is 12.2. The summed E-state index contributed by atoms with van der Waals surface area (Å²) in [6.07, 6.45) is -2.70. The topological polar surface area (TPSA) is 83.1 Å². The van der Waals surface area contributed by atoms with Crippen LogP contribution in [0.1, 0.15) is 24.0 Å². The van der Waals surface area contributed by atoms with Gasteiger partial charge in [-0.05, 0) is 54.2 Å². The van der Waals surface area contributed by atoms with Crippen LogP contribution in [0.15, 0.2) is 53.5 Å². The highest BCUT2D eigenvalue weighted by Crippen LogP contribution is 2.24. The molecule has 1 saturated heterocycles. The number of guanidine groups is 1. The van der Waals surface area contributed by atoms with Gasteiger partial charge in [-0.15, -0.1) is 13.2 Å². The molecule has 1 fully saturated rings. The summed E-state index contributed by atoms with van der Waals surface area (Å²) in [5.41, 5.74) is 8.83. The van der Waals surface area contributed by atoms with E-state index < -0.39 is 6.36 Å². The van der Waals surface area contributed by atoms with Crippen LogP contribution in [0.3, 0.4) is 0 Å². The zero-order chi connectivity index (χ0) is 22.3. The largest absolute Gasteiger partial charge is 0.573 e. The molecule has 0 aromatic heterocycles. The van der Waals surface area contributed by atoms with Gasteiger partial charge in [0.2, 0.25) is 0 Å². The molecule has 2 aromatic carbocycles. The standard InChI is InChI=1S/C22H27F3N4O2/c23-22(24,25)31-20-7-3-17(4-8-20)14-28-21(26)27-13-16-1-5-19(6-2-16)29-11-9-18(15-30)10-12-29/h1-8,18,30H,9-15H2,(H3,26,27,28). The molecule has 4 N–H and O–H groups in total. The Labute approximate surface area is 179 Å². The average Bonchev–Trinajstić information content (AvgIpc) is 2.76. The van der Waals surface area contributed by atoms with Gasteiger partial charge in [0.15, 0.2) is 5.96 Å². The summed E-state index contributed by atoms with van der Waals surface area (Å²) in [5.74, 6) is 0.395. The Balaban J connectivity index is 1.44. The first-order chi connectivity index (χ1) is 14.8. The van der Waals surface area contributed by atoms with E-state index in [2.05, 4.69) is 32.1 Å². The van der Waals surface area contributed by atoms with Gasteiger partial charge >= 0.3 is 6.36 Å². The van der Waals surface area contributed by atoms with Crippen molar-refractivity contribution in [2.45, 2.75) is 32.3 Å². The van der Waals surface area contributed by atoms with Crippen LogP contribution in [-0.2, 0) is 13.1 Å². The van der Waals surface area contributed by atoms with Crippen LogP contribution in [0.25, 0.3) is 0 Å². The minimum absolute atomic E-state index is 0.244. The predicted molar refractivity (Wildman–Crippen MR) is 114 cm³/mol. The molecule has 0 radical (unpaired) electrons. The van der Waals surface area contributed by atoms with E-state index in [1.165, 1.54) is 30.0 Å². The first-order valence-corrected chi connectivity index (χ1v) is 10.2. The molecule has 0 spiro atoms. The van der Waals surface area contributed by atoms with Crippen LogP contribution in [0, 0.1) is 5.92 Å². The van der Waals surface area contributed by atoms with Crippen LogP contribution in [0.5, 0.6) is 5.75 Å². The number of nitrogens with two attached hydrogens (primary N) is 1. The predicted octanol–water partition coefficient (Wildman–Crippen LogP) is 3.40. The van der Waals surface area contributed by atoms with Crippen LogP contribution >= 0.6 is 0 Å². The van der Waals surface area contributed by atoms with Gasteiger partial charge < -0.3 is 25.8 Å². The van der Waals surface area contributed by atoms with E-state index in [4.69, 9.17) is 5.73 Å². The van der Waals surface area contributed by atoms with Gasteiger partial charge in [0.1, 0.15) is 5.75 Å². The molecule has 1 aliphatic rings. The fourth-order valence-electron chi connectivity index (χ4n) is 3.42. The van der Waals surface area contributed by atoms with Crippen molar-refractivity contribution >= 4 is 11.6 Å². The van der Waals surface area contributed by atoms with Crippen LogP contribution in [0.2, 0.25) is 0 Å². The third kappa shape index (κ3) is 7.36. The van der Waals surface area contributed by atoms with E-state index in [1.54, 1.807) is 0 Å². The molecule has 31 heavy (non-hydrogen) atoms. The molecule has 0 saturated carbocycles. The highest BCUT2D eigenvalue weighted by Gasteiger charge is 2.30. The molecule has 0 unspecified atom stereocenters. The lowest BCUT2D eigenvalue weighted by Crippen LogP contribution is -2.34. The fourth-order valence-corrected chi connectivity index (χ4v) is 3.42. The summed E-state index contributed by atoms with van der Waals surface area (Å²) in [5, 5.41) is 12.3. The molecule has 1 heterocycles. The minimum Gasteiger partial charge on any atom is -0.406 e. The Morgan fingerprint density at radius 1 is 1.06 bits per heavy atom. The average molecular weight is 436 g/mol. The van der Waals surface area contributed by atoms with Gasteiger partial charge in [-0.25, -0.2) is 4.99 Å². The Kier molecular flexibility index (Phi) is 7.62. The zero-order valence-electron chi connectivity index (χ0n) is 17.1. The Morgan fingerprint density at radius 3 is 2.26 bits per heavy atom. The Morgan fingerprint density at radius 2 is 1.68 bits per heavy atom. The lowest BCUT2D eigenvalue weighted by Gasteiger charge is -2.33. The van der Waals surface area contributed by atoms with E-state index in [-0.39, 0.29) is 24.9 Å². The van der Waals surface area contributed by atoms with E-state index in [0.29, 0.717) is 18.0 Å². The molecular weight excluding hydrogens is 409 g/mol. The number of aliphatic hydroxyl groups is 1. The molecule has 9 heteroatoms. The van der Waals surface area contributed by atoms with Gasteiger partial charge in [-0.2, -0.15) is 0 Å². The number of rotatable bonds is 7. The fraction of sp³-hybridized carbons (Fsp3) is 0.409. The second-order valence-corrected chi connectivity index (χ2v) is 7.53. The summed E-state index contributed by atoms with van der Waals surface area (Å²) >= 11 is 0. The second-order valence-electron chi connectivity index (χ2n) is 7.53. The zero-order valence-corrected chi connectivity index (χ0v) is 17.1. The normalized spacial score (nSPS) is 15.7. The van der Waals surface area contributed by atoms with Crippen LogP contribution in [0.4, 0.5) is 18.9 Å². The molecule has 0 amide bonds.